The summed E-state index contributed by atoms with van der Waals surface area (Å²) >= 11 is 5.81. The maximum atomic E-state index is 11.5. The van der Waals surface area contributed by atoms with Gasteiger partial charge in [-0.3, -0.25) is 9.78 Å². The van der Waals surface area contributed by atoms with E-state index in [1.54, 1.807) is 18.2 Å². The second-order valence-corrected chi connectivity index (χ2v) is 4.54. The first-order valence-corrected chi connectivity index (χ1v) is 6.37. The Hall–Kier alpha value is -2.60. The molecule has 3 N–H and O–H groups in total. The molecule has 1 aromatic carbocycles. The van der Waals surface area contributed by atoms with Gasteiger partial charge < -0.3 is 15.7 Å². The van der Waals surface area contributed by atoms with Crippen molar-refractivity contribution in [2.75, 3.05) is 12.4 Å². The van der Waals surface area contributed by atoms with Crippen molar-refractivity contribution in [2.24, 2.45) is 0 Å². The summed E-state index contributed by atoms with van der Waals surface area (Å²) in [7, 11) is 1.52. The van der Waals surface area contributed by atoms with Gasteiger partial charge in [0.25, 0.3) is 5.91 Å². The van der Waals surface area contributed by atoms with E-state index in [1.807, 2.05) is 0 Å². The minimum absolute atomic E-state index is 0.00208. The van der Waals surface area contributed by atoms with Crippen molar-refractivity contribution in [1.29, 1.82) is 0 Å². The molecule has 0 fully saturated rings. The number of amides is 1. The maximum Gasteiger partial charge on any atom is 0.337 e. The Bertz CT molecular complexity index is 704. The molecule has 1 aromatic heterocycles. The summed E-state index contributed by atoms with van der Waals surface area (Å²) in [6.45, 7) is 0. The molecule has 0 unspecified atom stereocenters. The van der Waals surface area contributed by atoms with E-state index in [-0.39, 0.29) is 22.2 Å². The van der Waals surface area contributed by atoms with Crippen LogP contribution in [-0.4, -0.2) is 29.0 Å². The van der Waals surface area contributed by atoms with Crippen LogP contribution in [0.1, 0.15) is 20.8 Å². The van der Waals surface area contributed by atoms with Gasteiger partial charge in [0.1, 0.15) is 5.69 Å². The molecule has 0 saturated heterocycles. The third-order valence-corrected chi connectivity index (χ3v) is 3.03. The van der Waals surface area contributed by atoms with Gasteiger partial charge in [-0.05, 0) is 30.3 Å². The van der Waals surface area contributed by atoms with Crippen LogP contribution in [-0.2, 0) is 0 Å². The van der Waals surface area contributed by atoms with Gasteiger partial charge in [-0.15, -0.1) is 0 Å². The fraction of sp³-hybridized carbons (Fsp3) is 0.0714. The number of hydrogen-bond acceptors (Lipinski definition) is 4. The zero-order valence-corrected chi connectivity index (χ0v) is 11.8. The van der Waals surface area contributed by atoms with Crippen LogP contribution in [0.15, 0.2) is 36.5 Å². The Morgan fingerprint density at radius 1 is 1.19 bits per heavy atom. The summed E-state index contributed by atoms with van der Waals surface area (Å²) in [5.74, 6) is -1.41. The number of carboxylic acid groups (broad SMARTS) is 1. The normalized spacial score (nSPS) is 10.0. The van der Waals surface area contributed by atoms with Crippen molar-refractivity contribution in [3.8, 4) is 0 Å². The lowest BCUT2D eigenvalue weighted by molar-refractivity contribution is 0.0697. The Morgan fingerprint density at radius 2 is 1.90 bits per heavy atom. The smallest absolute Gasteiger partial charge is 0.337 e. The van der Waals surface area contributed by atoms with Gasteiger partial charge in [0.2, 0.25) is 0 Å². The van der Waals surface area contributed by atoms with Gasteiger partial charge in [0.15, 0.2) is 0 Å². The fourth-order valence-corrected chi connectivity index (χ4v) is 1.89. The molecular weight excluding hydrogens is 294 g/mol. The number of carbonyl (C=O) groups is 2. The lowest BCUT2D eigenvalue weighted by Gasteiger charge is -2.09. The second-order valence-electron chi connectivity index (χ2n) is 4.13. The van der Waals surface area contributed by atoms with Crippen LogP contribution in [0.4, 0.5) is 11.4 Å². The van der Waals surface area contributed by atoms with Crippen molar-refractivity contribution in [3.05, 3.63) is 52.8 Å². The van der Waals surface area contributed by atoms with Crippen LogP contribution < -0.4 is 10.6 Å². The maximum absolute atomic E-state index is 11.5. The standard InChI is InChI=1S/C14H12ClN3O3/c1-16-13(19)12-7-9(4-5-17-12)18-8-2-3-11(15)10(6-8)14(20)21/h2-7H,1H3,(H,16,19)(H,17,18)(H,20,21). The second kappa shape index (κ2) is 6.23. The summed E-state index contributed by atoms with van der Waals surface area (Å²) in [5.41, 5.74) is 1.42. The van der Waals surface area contributed by atoms with Gasteiger partial charge in [-0.2, -0.15) is 0 Å². The highest BCUT2D eigenvalue weighted by Crippen LogP contribution is 2.23. The Morgan fingerprint density at radius 3 is 2.57 bits per heavy atom. The van der Waals surface area contributed by atoms with Crippen LogP contribution in [0.5, 0.6) is 0 Å². The molecule has 0 saturated carbocycles. The first-order chi connectivity index (χ1) is 10.0. The summed E-state index contributed by atoms with van der Waals surface area (Å²) in [4.78, 5) is 26.5. The summed E-state index contributed by atoms with van der Waals surface area (Å²) in [5, 5.41) is 14.7. The van der Waals surface area contributed by atoms with E-state index in [2.05, 4.69) is 15.6 Å². The molecule has 1 heterocycles. The van der Waals surface area contributed by atoms with Crippen LogP contribution in [0.3, 0.4) is 0 Å². The quantitative estimate of drug-likeness (QED) is 0.807. The molecule has 2 aromatic rings. The van der Waals surface area contributed by atoms with E-state index in [0.29, 0.717) is 11.4 Å². The van der Waals surface area contributed by atoms with Crippen molar-refractivity contribution in [3.63, 3.8) is 0 Å². The van der Waals surface area contributed by atoms with Crippen molar-refractivity contribution < 1.29 is 14.7 Å². The monoisotopic (exact) mass is 305 g/mol. The Kier molecular flexibility index (Phi) is 4.39. The topological polar surface area (TPSA) is 91.3 Å². The Balaban J connectivity index is 2.28. The van der Waals surface area contributed by atoms with Gasteiger partial charge in [-0.1, -0.05) is 11.6 Å². The van der Waals surface area contributed by atoms with Crippen LogP contribution >= 0.6 is 11.6 Å². The number of anilines is 2. The lowest BCUT2D eigenvalue weighted by atomic mass is 10.2. The third kappa shape index (κ3) is 3.49. The SMILES string of the molecule is CNC(=O)c1cc(Nc2ccc(Cl)c(C(=O)O)c2)ccn1. The zero-order valence-electron chi connectivity index (χ0n) is 11.1. The summed E-state index contributed by atoms with van der Waals surface area (Å²) < 4.78 is 0. The van der Waals surface area contributed by atoms with E-state index in [4.69, 9.17) is 16.7 Å². The minimum atomic E-state index is -1.11. The predicted molar refractivity (Wildman–Crippen MR) is 79.3 cm³/mol. The highest BCUT2D eigenvalue weighted by Gasteiger charge is 2.10. The highest BCUT2D eigenvalue weighted by atomic mass is 35.5. The van der Waals surface area contributed by atoms with Crippen LogP contribution in [0, 0.1) is 0 Å². The van der Waals surface area contributed by atoms with E-state index in [1.165, 1.54) is 25.4 Å². The van der Waals surface area contributed by atoms with Gasteiger partial charge in [-0.25, -0.2) is 4.79 Å². The van der Waals surface area contributed by atoms with Gasteiger partial charge in [0, 0.05) is 24.6 Å². The van der Waals surface area contributed by atoms with E-state index in [0.717, 1.165) is 0 Å². The molecule has 0 bridgehead atoms. The molecule has 0 aliphatic heterocycles. The number of halogens is 1. The number of carbonyl (C=O) groups excluding carboxylic acids is 1. The lowest BCUT2D eigenvalue weighted by Crippen LogP contribution is -2.19. The van der Waals surface area contributed by atoms with E-state index < -0.39 is 5.97 Å². The third-order valence-electron chi connectivity index (χ3n) is 2.71. The number of nitrogens with one attached hydrogen (secondary N) is 2. The first-order valence-electron chi connectivity index (χ1n) is 5.99. The number of nitrogens with zero attached hydrogens (tertiary/aromatic N) is 1. The van der Waals surface area contributed by atoms with Crippen molar-refractivity contribution >= 4 is 34.9 Å². The van der Waals surface area contributed by atoms with Crippen molar-refractivity contribution in [2.45, 2.75) is 0 Å². The number of hydrogen-bond donors (Lipinski definition) is 3. The summed E-state index contributed by atoms with van der Waals surface area (Å²) in [6.07, 6.45) is 1.49. The number of carboxylic acids is 1. The highest BCUT2D eigenvalue weighted by molar-refractivity contribution is 6.33. The average Bonchev–Trinajstić information content (AvgIpc) is 2.48. The number of benzene rings is 1. The Labute approximate surface area is 125 Å². The molecule has 0 aliphatic rings. The molecule has 1 amide bonds. The largest absolute Gasteiger partial charge is 0.478 e. The molecule has 0 aliphatic carbocycles. The molecule has 0 atom stereocenters. The van der Waals surface area contributed by atoms with Crippen molar-refractivity contribution in [1.82, 2.24) is 10.3 Å². The fourth-order valence-electron chi connectivity index (χ4n) is 1.69. The number of aromatic carboxylic acids is 1. The van der Waals surface area contributed by atoms with Crippen LogP contribution in [0.25, 0.3) is 0 Å². The molecule has 0 radical (unpaired) electrons. The number of aromatic nitrogens is 1. The molecule has 21 heavy (non-hydrogen) atoms. The van der Waals surface area contributed by atoms with Gasteiger partial charge in [0.05, 0.1) is 10.6 Å². The molecule has 108 valence electrons. The molecule has 7 heteroatoms. The molecule has 2 rings (SSSR count). The average molecular weight is 306 g/mol. The van der Waals surface area contributed by atoms with E-state index >= 15 is 0 Å². The van der Waals surface area contributed by atoms with E-state index in [9.17, 15) is 9.59 Å². The number of rotatable bonds is 4. The molecular formula is C14H12ClN3O3. The zero-order chi connectivity index (χ0) is 15.4. The molecule has 0 spiro atoms. The minimum Gasteiger partial charge on any atom is -0.478 e. The van der Waals surface area contributed by atoms with Gasteiger partial charge >= 0.3 is 5.97 Å². The summed E-state index contributed by atoms with van der Waals surface area (Å²) in [6, 6.07) is 7.79. The number of pyridine rings is 1. The van der Waals surface area contributed by atoms with Crippen LogP contribution in [0.2, 0.25) is 5.02 Å². The predicted octanol–water partition coefficient (Wildman–Crippen LogP) is 2.54. The first kappa shape index (κ1) is 14.8. The molecule has 6 nitrogen and oxygen atoms in total.